The first-order valence-corrected chi connectivity index (χ1v) is 2.71. The standard InChI is InChI=1S/C5H12N2/c1-5(6-2)3-4-7-5/h6-7H,3-4H2,1-2H3. The van der Waals surface area contributed by atoms with E-state index in [-0.39, 0.29) is 5.66 Å². The first kappa shape index (κ1) is 5.06. The van der Waals surface area contributed by atoms with E-state index in [0.717, 1.165) is 6.54 Å². The van der Waals surface area contributed by atoms with E-state index in [0.29, 0.717) is 0 Å². The van der Waals surface area contributed by atoms with Crippen LogP contribution >= 0.6 is 0 Å². The Labute approximate surface area is 44.3 Å². The summed E-state index contributed by atoms with van der Waals surface area (Å²) in [4.78, 5) is 0. The lowest BCUT2D eigenvalue weighted by molar-refractivity contribution is 0.193. The minimum atomic E-state index is 0.264. The molecule has 1 atom stereocenters. The van der Waals surface area contributed by atoms with Crippen molar-refractivity contribution in [2.45, 2.75) is 19.0 Å². The Balaban J connectivity index is 2.29. The van der Waals surface area contributed by atoms with Crippen LogP contribution in [0.2, 0.25) is 0 Å². The van der Waals surface area contributed by atoms with Crippen LogP contribution in [0.15, 0.2) is 0 Å². The van der Waals surface area contributed by atoms with E-state index in [1.165, 1.54) is 6.42 Å². The highest BCUT2D eigenvalue weighted by Gasteiger charge is 2.27. The molecule has 1 saturated heterocycles. The van der Waals surface area contributed by atoms with Gasteiger partial charge in [0.15, 0.2) is 0 Å². The van der Waals surface area contributed by atoms with E-state index in [4.69, 9.17) is 0 Å². The minimum Gasteiger partial charge on any atom is -0.303 e. The van der Waals surface area contributed by atoms with Crippen LogP contribution in [-0.4, -0.2) is 19.3 Å². The van der Waals surface area contributed by atoms with Crippen LogP contribution in [0.4, 0.5) is 0 Å². The van der Waals surface area contributed by atoms with Crippen molar-refractivity contribution in [3.8, 4) is 0 Å². The quantitative estimate of drug-likeness (QED) is 0.481. The summed E-state index contributed by atoms with van der Waals surface area (Å²) in [5, 5.41) is 6.43. The van der Waals surface area contributed by atoms with Crippen molar-refractivity contribution in [1.29, 1.82) is 0 Å². The van der Waals surface area contributed by atoms with Gasteiger partial charge in [-0.25, -0.2) is 0 Å². The molecule has 2 heteroatoms. The van der Waals surface area contributed by atoms with E-state index in [2.05, 4.69) is 17.6 Å². The van der Waals surface area contributed by atoms with Gasteiger partial charge in [-0.05, 0) is 26.9 Å². The number of nitrogens with one attached hydrogen (secondary N) is 2. The van der Waals surface area contributed by atoms with Gasteiger partial charge in [-0.3, -0.25) is 5.32 Å². The molecule has 2 nitrogen and oxygen atoms in total. The summed E-state index contributed by atoms with van der Waals surface area (Å²) in [5.41, 5.74) is 0.264. The molecule has 0 saturated carbocycles. The fraction of sp³-hybridized carbons (Fsp3) is 1.00. The molecule has 0 aliphatic carbocycles. The number of hydrogen-bond donors (Lipinski definition) is 2. The largest absolute Gasteiger partial charge is 0.303 e. The van der Waals surface area contributed by atoms with Gasteiger partial charge in [-0.2, -0.15) is 0 Å². The molecule has 0 radical (unpaired) electrons. The maximum absolute atomic E-state index is 3.26. The Morgan fingerprint density at radius 2 is 2.29 bits per heavy atom. The van der Waals surface area contributed by atoms with Crippen molar-refractivity contribution >= 4 is 0 Å². The Morgan fingerprint density at radius 3 is 2.29 bits per heavy atom. The lowest BCUT2D eigenvalue weighted by Crippen LogP contribution is -2.62. The van der Waals surface area contributed by atoms with Crippen molar-refractivity contribution in [2.75, 3.05) is 13.6 Å². The molecule has 0 amide bonds. The maximum atomic E-state index is 3.26. The second-order valence-corrected chi connectivity index (χ2v) is 2.26. The van der Waals surface area contributed by atoms with Crippen LogP contribution in [0.3, 0.4) is 0 Å². The van der Waals surface area contributed by atoms with Crippen molar-refractivity contribution in [1.82, 2.24) is 10.6 Å². The van der Waals surface area contributed by atoms with E-state index in [9.17, 15) is 0 Å². The van der Waals surface area contributed by atoms with Gasteiger partial charge in [-0.1, -0.05) is 0 Å². The highest BCUT2D eigenvalue weighted by atomic mass is 15.2. The zero-order chi connectivity index (χ0) is 5.33. The van der Waals surface area contributed by atoms with Crippen molar-refractivity contribution in [3.63, 3.8) is 0 Å². The molecule has 0 aromatic heterocycles. The van der Waals surface area contributed by atoms with E-state index >= 15 is 0 Å². The second kappa shape index (κ2) is 1.46. The smallest absolute Gasteiger partial charge is 0.0668 e. The molecule has 1 unspecified atom stereocenters. The molecule has 1 heterocycles. The Morgan fingerprint density at radius 1 is 1.71 bits per heavy atom. The van der Waals surface area contributed by atoms with E-state index in [1.807, 2.05) is 7.05 Å². The fourth-order valence-electron chi connectivity index (χ4n) is 0.713. The highest BCUT2D eigenvalue weighted by molar-refractivity contribution is 4.87. The summed E-state index contributed by atoms with van der Waals surface area (Å²) in [6.07, 6.45) is 1.25. The van der Waals surface area contributed by atoms with Crippen molar-refractivity contribution in [2.24, 2.45) is 0 Å². The summed E-state index contributed by atoms with van der Waals surface area (Å²) < 4.78 is 0. The Bertz CT molecular complexity index is 61.0. The zero-order valence-electron chi connectivity index (χ0n) is 4.91. The van der Waals surface area contributed by atoms with Crippen LogP contribution < -0.4 is 10.6 Å². The molecular weight excluding hydrogens is 88.1 g/mol. The summed E-state index contributed by atoms with van der Waals surface area (Å²) in [5.74, 6) is 0. The SMILES string of the molecule is CNC1(C)CCN1. The van der Waals surface area contributed by atoms with Crippen LogP contribution in [0.25, 0.3) is 0 Å². The average Bonchev–Trinajstić information content (AvgIpc) is 1.61. The van der Waals surface area contributed by atoms with Crippen LogP contribution in [0.5, 0.6) is 0 Å². The molecule has 0 bridgehead atoms. The lowest BCUT2D eigenvalue weighted by atomic mass is 10.0. The van der Waals surface area contributed by atoms with Crippen molar-refractivity contribution in [3.05, 3.63) is 0 Å². The number of rotatable bonds is 1. The van der Waals surface area contributed by atoms with Crippen LogP contribution in [0.1, 0.15) is 13.3 Å². The van der Waals surface area contributed by atoms with Crippen LogP contribution in [0, 0.1) is 0 Å². The third kappa shape index (κ3) is 0.763. The third-order valence-electron chi connectivity index (χ3n) is 1.69. The summed E-state index contributed by atoms with van der Waals surface area (Å²) in [7, 11) is 1.98. The molecule has 0 aromatic rings. The Kier molecular flexibility index (Phi) is 1.05. The molecule has 1 rings (SSSR count). The van der Waals surface area contributed by atoms with E-state index < -0.39 is 0 Å². The summed E-state index contributed by atoms with van der Waals surface area (Å²) in [6.45, 7) is 3.33. The highest BCUT2D eigenvalue weighted by Crippen LogP contribution is 2.11. The molecule has 2 N–H and O–H groups in total. The van der Waals surface area contributed by atoms with Gasteiger partial charge in [0.1, 0.15) is 0 Å². The minimum absolute atomic E-state index is 0.264. The van der Waals surface area contributed by atoms with Gasteiger partial charge in [-0.15, -0.1) is 0 Å². The molecule has 1 fully saturated rings. The first-order chi connectivity index (χ1) is 3.27. The van der Waals surface area contributed by atoms with Gasteiger partial charge >= 0.3 is 0 Å². The monoisotopic (exact) mass is 100 g/mol. The zero-order valence-corrected chi connectivity index (χ0v) is 4.91. The normalized spacial score (nSPS) is 40.3. The molecular formula is C5H12N2. The molecule has 1 aliphatic heterocycles. The predicted molar refractivity (Wildman–Crippen MR) is 30.1 cm³/mol. The van der Waals surface area contributed by atoms with Crippen LogP contribution in [-0.2, 0) is 0 Å². The van der Waals surface area contributed by atoms with Gasteiger partial charge in [0, 0.05) is 0 Å². The lowest BCUT2D eigenvalue weighted by Gasteiger charge is -2.39. The summed E-state index contributed by atoms with van der Waals surface area (Å²) >= 11 is 0. The number of hydrogen-bond acceptors (Lipinski definition) is 2. The van der Waals surface area contributed by atoms with E-state index in [1.54, 1.807) is 0 Å². The summed E-state index contributed by atoms with van der Waals surface area (Å²) in [6, 6.07) is 0. The molecule has 7 heavy (non-hydrogen) atoms. The van der Waals surface area contributed by atoms with Gasteiger partial charge in [0.2, 0.25) is 0 Å². The van der Waals surface area contributed by atoms with Gasteiger partial charge in [0.25, 0.3) is 0 Å². The Hall–Kier alpha value is -0.0800. The predicted octanol–water partition coefficient (Wildman–Crippen LogP) is -0.0847. The van der Waals surface area contributed by atoms with Gasteiger partial charge in [0.05, 0.1) is 5.66 Å². The first-order valence-electron chi connectivity index (χ1n) is 2.71. The third-order valence-corrected chi connectivity index (χ3v) is 1.69. The molecule has 0 spiro atoms. The topological polar surface area (TPSA) is 24.1 Å². The molecule has 0 aromatic carbocycles. The van der Waals surface area contributed by atoms with Crippen molar-refractivity contribution < 1.29 is 0 Å². The molecule has 1 aliphatic rings. The average molecular weight is 100 g/mol. The molecule has 42 valence electrons. The maximum Gasteiger partial charge on any atom is 0.0668 e. The fourth-order valence-corrected chi connectivity index (χ4v) is 0.713. The van der Waals surface area contributed by atoms with Gasteiger partial charge < -0.3 is 5.32 Å². The second-order valence-electron chi connectivity index (χ2n) is 2.26.